The molecule has 2 heteroatoms. The third kappa shape index (κ3) is 2.45. The number of ketones is 1. The molecule has 0 unspecified atom stereocenters. The summed E-state index contributed by atoms with van der Waals surface area (Å²) >= 11 is 0. The van der Waals surface area contributed by atoms with Crippen LogP contribution in [-0.2, 0) is 4.79 Å². The maximum absolute atomic E-state index is 11.0. The molecule has 0 spiro atoms. The van der Waals surface area contributed by atoms with Gasteiger partial charge in [0, 0.05) is 12.5 Å². The lowest BCUT2D eigenvalue weighted by atomic mass is 10.2. The van der Waals surface area contributed by atoms with E-state index in [0.29, 0.717) is 12.5 Å². The van der Waals surface area contributed by atoms with Gasteiger partial charge in [0.05, 0.1) is 0 Å². The average Bonchev–Trinajstić information content (AvgIpc) is 2.47. The highest BCUT2D eigenvalue weighted by Gasteiger charge is 2.17. The van der Waals surface area contributed by atoms with E-state index in [4.69, 9.17) is 0 Å². The Bertz CT molecular complexity index is 186. The number of likely N-dealkylation sites (N-methyl/N-ethyl adjacent to an activating group) is 1. The Labute approximate surface area is 74.2 Å². The number of hydrogen-bond acceptors (Lipinski definition) is 2. The number of carbonyl (C=O) groups is 1. The van der Waals surface area contributed by atoms with Gasteiger partial charge in [0.1, 0.15) is 0 Å². The molecule has 0 bridgehead atoms. The lowest BCUT2D eigenvalue weighted by Gasteiger charge is -2.14. The van der Waals surface area contributed by atoms with Crippen LogP contribution in [0.3, 0.4) is 0 Å². The fourth-order valence-electron chi connectivity index (χ4n) is 1.52. The van der Waals surface area contributed by atoms with Crippen LogP contribution in [0, 0.1) is 0 Å². The summed E-state index contributed by atoms with van der Waals surface area (Å²) in [5, 5.41) is 0. The Kier molecular flexibility index (Phi) is 3.48. The standard InChI is InChI=1S/C10H17NO/c1-3-10(12)7-6-9-5-4-8-11(9)2/h6-7,9H,3-5,8H2,1-2H3/b7-6+/t9-/m1/s1. The minimum atomic E-state index is 0.232. The summed E-state index contributed by atoms with van der Waals surface area (Å²) in [7, 11) is 2.11. The molecule has 1 aliphatic heterocycles. The first-order chi connectivity index (χ1) is 5.74. The summed E-state index contributed by atoms with van der Waals surface area (Å²) in [6, 6.07) is 0.500. The van der Waals surface area contributed by atoms with Crippen molar-refractivity contribution in [1.29, 1.82) is 0 Å². The molecule has 0 aliphatic carbocycles. The zero-order valence-electron chi connectivity index (χ0n) is 7.92. The molecule has 1 atom stereocenters. The smallest absolute Gasteiger partial charge is 0.155 e. The van der Waals surface area contributed by atoms with E-state index in [0.717, 1.165) is 6.54 Å². The van der Waals surface area contributed by atoms with Gasteiger partial charge in [-0.3, -0.25) is 9.69 Å². The number of likely N-dealkylation sites (tertiary alicyclic amines) is 1. The van der Waals surface area contributed by atoms with Crippen LogP contribution in [-0.4, -0.2) is 30.3 Å². The van der Waals surface area contributed by atoms with Gasteiger partial charge in [-0.25, -0.2) is 0 Å². The van der Waals surface area contributed by atoms with Gasteiger partial charge in [-0.05, 0) is 32.5 Å². The predicted octanol–water partition coefficient (Wildman–Crippen LogP) is 1.62. The number of hydrogen-bond donors (Lipinski definition) is 0. The molecule has 68 valence electrons. The minimum Gasteiger partial charge on any atom is -0.300 e. The van der Waals surface area contributed by atoms with E-state index in [9.17, 15) is 4.79 Å². The molecule has 1 aliphatic rings. The second kappa shape index (κ2) is 4.41. The second-order valence-electron chi connectivity index (χ2n) is 3.37. The molecule has 1 rings (SSSR count). The minimum absolute atomic E-state index is 0.232. The van der Waals surface area contributed by atoms with Crippen LogP contribution in [0.25, 0.3) is 0 Å². The molecule has 1 fully saturated rings. The summed E-state index contributed by atoms with van der Waals surface area (Å²) in [6.07, 6.45) is 6.84. The molecule has 0 N–H and O–H groups in total. The Morgan fingerprint density at radius 3 is 2.92 bits per heavy atom. The normalized spacial score (nSPS) is 25.3. The van der Waals surface area contributed by atoms with E-state index in [1.165, 1.54) is 12.8 Å². The molecule has 0 aromatic heterocycles. The van der Waals surface area contributed by atoms with E-state index >= 15 is 0 Å². The molecule has 0 amide bonds. The zero-order chi connectivity index (χ0) is 8.97. The number of carbonyl (C=O) groups excluding carboxylic acids is 1. The SMILES string of the molecule is CCC(=O)/C=C/[C@H]1CCCN1C. The van der Waals surface area contributed by atoms with Crippen LogP contribution >= 0.6 is 0 Å². The molecular formula is C10H17NO. The van der Waals surface area contributed by atoms with Gasteiger partial charge in [0.15, 0.2) is 5.78 Å². The van der Waals surface area contributed by atoms with Crippen molar-refractivity contribution in [1.82, 2.24) is 4.90 Å². The third-order valence-electron chi connectivity index (χ3n) is 2.43. The molecule has 1 saturated heterocycles. The fraction of sp³-hybridized carbons (Fsp3) is 0.700. The maximum atomic E-state index is 11.0. The quantitative estimate of drug-likeness (QED) is 0.595. The van der Waals surface area contributed by atoms with E-state index < -0.39 is 0 Å². The lowest BCUT2D eigenvalue weighted by molar-refractivity contribution is -0.114. The Hall–Kier alpha value is -0.630. The van der Waals surface area contributed by atoms with Crippen molar-refractivity contribution in [3.8, 4) is 0 Å². The third-order valence-corrected chi connectivity index (χ3v) is 2.43. The first-order valence-electron chi connectivity index (χ1n) is 4.65. The van der Waals surface area contributed by atoms with Crippen molar-refractivity contribution >= 4 is 5.78 Å². The van der Waals surface area contributed by atoms with E-state index in [2.05, 4.69) is 11.9 Å². The van der Waals surface area contributed by atoms with Crippen molar-refractivity contribution < 1.29 is 4.79 Å². The monoisotopic (exact) mass is 167 g/mol. The van der Waals surface area contributed by atoms with Crippen molar-refractivity contribution in [2.45, 2.75) is 32.2 Å². The van der Waals surface area contributed by atoms with E-state index in [1.807, 2.05) is 13.0 Å². The van der Waals surface area contributed by atoms with Gasteiger partial charge in [0.25, 0.3) is 0 Å². The molecular weight excluding hydrogens is 150 g/mol. The Balaban J connectivity index is 2.39. The molecule has 1 heterocycles. The highest BCUT2D eigenvalue weighted by molar-refractivity contribution is 5.89. The maximum Gasteiger partial charge on any atom is 0.155 e. The number of nitrogens with zero attached hydrogens (tertiary/aromatic N) is 1. The van der Waals surface area contributed by atoms with Crippen LogP contribution in [0.2, 0.25) is 0 Å². The van der Waals surface area contributed by atoms with Crippen LogP contribution < -0.4 is 0 Å². The highest BCUT2D eigenvalue weighted by Crippen LogP contribution is 2.15. The molecule has 0 aromatic carbocycles. The Morgan fingerprint density at radius 2 is 2.42 bits per heavy atom. The van der Waals surface area contributed by atoms with Crippen LogP contribution in [0.4, 0.5) is 0 Å². The van der Waals surface area contributed by atoms with Crippen LogP contribution in [0.5, 0.6) is 0 Å². The van der Waals surface area contributed by atoms with Gasteiger partial charge < -0.3 is 0 Å². The van der Waals surface area contributed by atoms with E-state index in [1.54, 1.807) is 6.08 Å². The summed E-state index contributed by atoms with van der Waals surface area (Å²) < 4.78 is 0. The zero-order valence-corrected chi connectivity index (χ0v) is 7.92. The first-order valence-corrected chi connectivity index (χ1v) is 4.65. The number of allylic oxidation sites excluding steroid dienone is 1. The van der Waals surface area contributed by atoms with Crippen LogP contribution in [0.15, 0.2) is 12.2 Å². The van der Waals surface area contributed by atoms with E-state index in [-0.39, 0.29) is 5.78 Å². The summed E-state index contributed by atoms with van der Waals surface area (Å²) in [6.45, 7) is 3.06. The number of rotatable bonds is 3. The van der Waals surface area contributed by atoms with Gasteiger partial charge in [-0.1, -0.05) is 13.0 Å². The van der Waals surface area contributed by atoms with Crippen molar-refractivity contribution in [3.63, 3.8) is 0 Å². The first kappa shape index (κ1) is 9.46. The highest BCUT2D eigenvalue weighted by atomic mass is 16.1. The molecule has 0 saturated carbocycles. The second-order valence-corrected chi connectivity index (χ2v) is 3.37. The predicted molar refractivity (Wildman–Crippen MR) is 50.1 cm³/mol. The molecule has 0 aromatic rings. The largest absolute Gasteiger partial charge is 0.300 e. The molecule has 12 heavy (non-hydrogen) atoms. The fourth-order valence-corrected chi connectivity index (χ4v) is 1.52. The topological polar surface area (TPSA) is 20.3 Å². The summed E-state index contributed by atoms with van der Waals surface area (Å²) in [5.41, 5.74) is 0. The van der Waals surface area contributed by atoms with Gasteiger partial charge in [-0.15, -0.1) is 0 Å². The Morgan fingerprint density at radius 1 is 1.67 bits per heavy atom. The molecule has 2 nitrogen and oxygen atoms in total. The molecule has 0 radical (unpaired) electrons. The summed E-state index contributed by atoms with van der Waals surface area (Å²) in [5.74, 6) is 0.232. The average molecular weight is 167 g/mol. The van der Waals surface area contributed by atoms with Crippen LogP contribution in [0.1, 0.15) is 26.2 Å². The van der Waals surface area contributed by atoms with Gasteiger partial charge >= 0.3 is 0 Å². The van der Waals surface area contributed by atoms with Gasteiger partial charge in [0.2, 0.25) is 0 Å². The van der Waals surface area contributed by atoms with Gasteiger partial charge in [-0.2, -0.15) is 0 Å². The van der Waals surface area contributed by atoms with Crippen molar-refractivity contribution in [2.24, 2.45) is 0 Å². The van der Waals surface area contributed by atoms with Crippen molar-refractivity contribution in [2.75, 3.05) is 13.6 Å². The lowest BCUT2D eigenvalue weighted by Crippen LogP contribution is -2.22. The summed E-state index contributed by atoms with van der Waals surface area (Å²) in [4.78, 5) is 13.3. The van der Waals surface area contributed by atoms with Crippen molar-refractivity contribution in [3.05, 3.63) is 12.2 Å².